The van der Waals surface area contributed by atoms with Gasteiger partial charge in [-0.05, 0) is 24.3 Å². The molecule has 0 spiro atoms. The molecule has 1 amide bonds. The van der Waals surface area contributed by atoms with Crippen LogP contribution in [0.25, 0.3) is 0 Å². The van der Waals surface area contributed by atoms with Crippen molar-refractivity contribution in [3.05, 3.63) is 51.1 Å². The number of hydrogen-bond donors (Lipinski definition) is 1. The molecule has 1 heterocycles. The third kappa shape index (κ3) is 5.77. The Morgan fingerprint density at radius 2 is 1.92 bits per heavy atom. The second-order valence-electron chi connectivity index (χ2n) is 4.83. The van der Waals surface area contributed by atoms with Gasteiger partial charge in [-0.25, -0.2) is 4.98 Å². The van der Waals surface area contributed by atoms with Crippen molar-refractivity contribution in [1.29, 1.82) is 0 Å². The molecule has 6 nitrogen and oxygen atoms in total. The van der Waals surface area contributed by atoms with E-state index in [1.54, 1.807) is 18.2 Å². The Bertz CT molecular complexity index is 799. The fourth-order valence-electron chi connectivity index (χ4n) is 1.91. The summed E-state index contributed by atoms with van der Waals surface area (Å²) in [6, 6.07) is 6.32. The van der Waals surface area contributed by atoms with Gasteiger partial charge in [0.15, 0.2) is 12.4 Å². The van der Waals surface area contributed by atoms with Crippen molar-refractivity contribution in [3.8, 4) is 5.75 Å². The van der Waals surface area contributed by atoms with E-state index >= 15 is 0 Å². The van der Waals surface area contributed by atoms with E-state index in [0.29, 0.717) is 21.4 Å². The smallest absolute Gasteiger partial charge is 0.310 e. The number of ether oxygens (including phenoxy) is 2. The van der Waals surface area contributed by atoms with Crippen LogP contribution in [0.1, 0.15) is 5.56 Å². The Labute approximate surface area is 159 Å². The number of anilines is 1. The number of aromatic nitrogens is 1. The standard InChI is InChI=1S/C16H13Cl3N2O4/c1-24-13-3-2-10(17)4-9(13)5-15(23)25-8-14(22)21-16-12(19)6-11(18)7-20-16/h2-4,6-7H,5,8H2,1H3,(H,20,21,22). The second kappa shape index (κ2) is 8.89. The van der Waals surface area contributed by atoms with Gasteiger partial charge >= 0.3 is 5.97 Å². The molecule has 0 atom stereocenters. The highest BCUT2D eigenvalue weighted by Gasteiger charge is 2.14. The lowest BCUT2D eigenvalue weighted by atomic mass is 10.1. The Morgan fingerprint density at radius 3 is 2.60 bits per heavy atom. The maximum Gasteiger partial charge on any atom is 0.310 e. The fourth-order valence-corrected chi connectivity index (χ4v) is 2.53. The average Bonchev–Trinajstić information content (AvgIpc) is 2.56. The van der Waals surface area contributed by atoms with E-state index in [2.05, 4.69) is 10.3 Å². The first-order valence-corrected chi connectivity index (χ1v) is 8.11. The SMILES string of the molecule is COc1ccc(Cl)cc1CC(=O)OCC(=O)Nc1ncc(Cl)cc1Cl. The van der Waals surface area contributed by atoms with Gasteiger partial charge in [0.1, 0.15) is 5.75 Å². The van der Waals surface area contributed by atoms with Crippen LogP contribution in [-0.2, 0) is 20.7 Å². The van der Waals surface area contributed by atoms with Crippen LogP contribution in [0.15, 0.2) is 30.5 Å². The van der Waals surface area contributed by atoms with Crippen LogP contribution in [0.3, 0.4) is 0 Å². The Hall–Kier alpha value is -2.02. The van der Waals surface area contributed by atoms with Crippen molar-refractivity contribution in [3.63, 3.8) is 0 Å². The van der Waals surface area contributed by atoms with Crippen LogP contribution in [0.5, 0.6) is 5.75 Å². The van der Waals surface area contributed by atoms with Crippen molar-refractivity contribution < 1.29 is 19.1 Å². The minimum absolute atomic E-state index is 0.0863. The van der Waals surface area contributed by atoms with E-state index in [-0.39, 0.29) is 17.3 Å². The molecule has 0 bridgehead atoms. The zero-order valence-electron chi connectivity index (χ0n) is 13.0. The number of nitrogens with one attached hydrogen (secondary N) is 1. The first-order valence-electron chi connectivity index (χ1n) is 6.98. The number of pyridine rings is 1. The van der Waals surface area contributed by atoms with Gasteiger partial charge in [-0.2, -0.15) is 0 Å². The van der Waals surface area contributed by atoms with Crippen LogP contribution in [0, 0.1) is 0 Å². The zero-order valence-corrected chi connectivity index (χ0v) is 15.3. The van der Waals surface area contributed by atoms with E-state index in [1.165, 1.54) is 19.4 Å². The second-order valence-corrected chi connectivity index (χ2v) is 6.11. The first-order chi connectivity index (χ1) is 11.9. The molecular formula is C16H13Cl3N2O4. The minimum Gasteiger partial charge on any atom is -0.496 e. The zero-order chi connectivity index (χ0) is 18.4. The van der Waals surface area contributed by atoms with E-state index in [9.17, 15) is 9.59 Å². The van der Waals surface area contributed by atoms with Crippen LogP contribution >= 0.6 is 34.8 Å². The number of carbonyl (C=O) groups is 2. The summed E-state index contributed by atoms with van der Waals surface area (Å²) >= 11 is 17.5. The number of halogens is 3. The largest absolute Gasteiger partial charge is 0.496 e. The van der Waals surface area contributed by atoms with Gasteiger partial charge in [-0.1, -0.05) is 34.8 Å². The van der Waals surface area contributed by atoms with E-state index in [4.69, 9.17) is 44.3 Å². The molecule has 132 valence electrons. The Kier molecular flexibility index (Phi) is 6.87. The molecule has 0 aliphatic heterocycles. The molecule has 1 N–H and O–H groups in total. The van der Waals surface area contributed by atoms with Crippen LogP contribution in [0.4, 0.5) is 5.82 Å². The minimum atomic E-state index is -0.606. The first kappa shape index (κ1) is 19.3. The monoisotopic (exact) mass is 402 g/mol. The molecule has 25 heavy (non-hydrogen) atoms. The highest BCUT2D eigenvalue weighted by molar-refractivity contribution is 6.36. The Morgan fingerprint density at radius 1 is 1.16 bits per heavy atom. The maximum absolute atomic E-state index is 11.9. The summed E-state index contributed by atoms with van der Waals surface area (Å²) in [4.78, 5) is 27.6. The summed E-state index contributed by atoms with van der Waals surface area (Å²) in [5.41, 5.74) is 0.558. The van der Waals surface area contributed by atoms with Gasteiger partial charge in [-0.15, -0.1) is 0 Å². The molecule has 0 radical (unpaired) electrons. The number of benzene rings is 1. The molecule has 9 heteroatoms. The van der Waals surface area contributed by atoms with Gasteiger partial charge in [0.05, 0.1) is 23.6 Å². The molecule has 0 saturated heterocycles. The lowest BCUT2D eigenvalue weighted by molar-refractivity contribution is -0.146. The van der Waals surface area contributed by atoms with E-state index in [0.717, 1.165) is 0 Å². The highest BCUT2D eigenvalue weighted by atomic mass is 35.5. The number of methoxy groups -OCH3 is 1. The summed E-state index contributed by atoms with van der Waals surface area (Å²) in [6.45, 7) is -0.484. The third-order valence-electron chi connectivity index (χ3n) is 3.01. The van der Waals surface area contributed by atoms with Crippen LogP contribution < -0.4 is 10.1 Å². The van der Waals surface area contributed by atoms with Crippen molar-refractivity contribution >= 4 is 52.5 Å². The van der Waals surface area contributed by atoms with Crippen molar-refractivity contribution in [2.45, 2.75) is 6.42 Å². The number of carbonyl (C=O) groups excluding carboxylic acids is 2. The third-order valence-corrected chi connectivity index (χ3v) is 3.74. The number of hydrogen-bond acceptors (Lipinski definition) is 5. The molecule has 0 unspecified atom stereocenters. The number of esters is 1. The van der Waals surface area contributed by atoms with Gasteiger partial charge in [0, 0.05) is 16.8 Å². The molecule has 0 aliphatic carbocycles. The molecule has 2 rings (SSSR count). The van der Waals surface area contributed by atoms with Crippen molar-refractivity contribution in [2.75, 3.05) is 19.0 Å². The van der Waals surface area contributed by atoms with Gasteiger partial charge in [0.2, 0.25) is 0 Å². The van der Waals surface area contributed by atoms with Crippen LogP contribution in [0.2, 0.25) is 15.1 Å². The van der Waals surface area contributed by atoms with Crippen molar-refractivity contribution in [1.82, 2.24) is 4.98 Å². The molecule has 2 aromatic rings. The normalized spacial score (nSPS) is 10.2. The predicted octanol–water partition coefficient (Wildman–Crippen LogP) is 3.77. The van der Waals surface area contributed by atoms with Gasteiger partial charge in [-0.3, -0.25) is 9.59 Å². The van der Waals surface area contributed by atoms with Crippen molar-refractivity contribution in [2.24, 2.45) is 0 Å². The molecule has 0 aliphatic rings. The summed E-state index contributed by atoms with van der Waals surface area (Å²) in [7, 11) is 1.48. The van der Waals surface area contributed by atoms with Crippen LogP contribution in [-0.4, -0.2) is 30.6 Å². The molecule has 1 aromatic heterocycles. The topological polar surface area (TPSA) is 77.5 Å². The summed E-state index contributed by atoms with van der Waals surface area (Å²) in [6.07, 6.45) is 1.25. The van der Waals surface area contributed by atoms with E-state index in [1.807, 2.05) is 0 Å². The lowest BCUT2D eigenvalue weighted by Gasteiger charge is -2.10. The summed E-state index contributed by atoms with van der Waals surface area (Å²) < 4.78 is 10.1. The molecule has 0 fully saturated rings. The van der Waals surface area contributed by atoms with Gasteiger partial charge < -0.3 is 14.8 Å². The molecular weight excluding hydrogens is 391 g/mol. The molecule has 1 aromatic carbocycles. The average molecular weight is 404 g/mol. The fraction of sp³-hybridized carbons (Fsp3) is 0.188. The molecule has 0 saturated carbocycles. The predicted molar refractivity (Wildman–Crippen MR) is 95.6 cm³/mol. The highest BCUT2D eigenvalue weighted by Crippen LogP contribution is 2.24. The maximum atomic E-state index is 11.9. The quantitative estimate of drug-likeness (QED) is 0.743. The summed E-state index contributed by atoms with van der Waals surface area (Å²) in [5, 5.41) is 3.40. The number of amides is 1. The number of rotatable bonds is 6. The summed E-state index contributed by atoms with van der Waals surface area (Å²) in [5.74, 6) is -0.555. The lowest BCUT2D eigenvalue weighted by Crippen LogP contribution is -2.22. The Balaban J connectivity index is 1.89. The van der Waals surface area contributed by atoms with E-state index < -0.39 is 18.5 Å². The number of nitrogens with zero attached hydrogens (tertiary/aromatic N) is 1. The van der Waals surface area contributed by atoms with Gasteiger partial charge in [0.25, 0.3) is 5.91 Å².